The van der Waals surface area contributed by atoms with Crippen LogP contribution in [0, 0.1) is 5.92 Å². The van der Waals surface area contributed by atoms with Gasteiger partial charge in [-0.1, -0.05) is 13.8 Å². The van der Waals surface area contributed by atoms with Crippen LogP contribution >= 0.6 is 0 Å². The number of ether oxygens (including phenoxy) is 1. The Morgan fingerprint density at radius 2 is 2.10 bits per heavy atom. The van der Waals surface area contributed by atoms with E-state index in [-0.39, 0.29) is 5.92 Å². The van der Waals surface area contributed by atoms with Crippen molar-refractivity contribution in [2.75, 3.05) is 7.11 Å². The summed E-state index contributed by atoms with van der Waals surface area (Å²) in [6, 6.07) is 0. The van der Waals surface area contributed by atoms with Gasteiger partial charge in [0.2, 0.25) is 0 Å². The van der Waals surface area contributed by atoms with Crippen LogP contribution in [0.25, 0.3) is 0 Å². The molecule has 0 aromatic carbocycles. The summed E-state index contributed by atoms with van der Waals surface area (Å²) in [5.74, 6) is -0.477. The van der Waals surface area contributed by atoms with Gasteiger partial charge in [-0.3, -0.25) is 0 Å². The first-order chi connectivity index (χ1) is 4.63. The summed E-state index contributed by atoms with van der Waals surface area (Å²) in [5.41, 5.74) is 0.294. The fourth-order valence-electron chi connectivity index (χ4n) is 0.555. The molecule has 0 fully saturated rings. The molecule has 0 atom stereocenters. The summed E-state index contributed by atoms with van der Waals surface area (Å²) < 4.78 is 4.40. The molecule has 1 N–H and O–H groups in total. The Bertz CT molecular complexity index is 147. The average molecular weight is 144 g/mol. The van der Waals surface area contributed by atoms with E-state index in [1.807, 2.05) is 0 Å². The number of carbonyl (C=O) groups excluding carboxylic acids is 1. The van der Waals surface area contributed by atoms with Gasteiger partial charge in [-0.05, 0) is 5.92 Å². The molecule has 0 unspecified atom stereocenters. The van der Waals surface area contributed by atoms with E-state index in [0.717, 1.165) is 6.26 Å². The molecule has 0 amide bonds. The third-order valence-electron chi connectivity index (χ3n) is 1.18. The normalized spacial score (nSPS) is 11.8. The molecule has 0 radical (unpaired) electrons. The molecule has 0 rings (SSSR count). The van der Waals surface area contributed by atoms with E-state index in [1.54, 1.807) is 13.8 Å². The Balaban J connectivity index is 4.24. The van der Waals surface area contributed by atoms with Gasteiger partial charge in [-0.25, -0.2) is 4.79 Å². The van der Waals surface area contributed by atoms with Gasteiger partial charge in [0.15, 0.2) is 0 Å². The van der Waals surface area contributed by atoms with E-state index in [9.17, 15) is 4.79 Å². The van der Waals surface area contributed by atoms with Crippen LogP contribution in [-0.4, -0.2) is 18.2 Å². The van der Waals surface area contributed by atoms with Crippen LogP contribution in [0.2, 0.25) is 0 Å². The van der Waals surface area contributed by atoms with E-state index < -0.39 is 5.97 Å². The fraction of sp³-hybridized carbons (Fsp3) is 0.571. The second kappa shape index (κ2) is 3.93. The molecule has 0 spiro atoms. The molecule has 0 saturated carbocycles. The lowest BCUT2D eigenvalue weighted by atomic mass is 10.1. The summed E-state index contributed by atoms with van der Waals surface area (Å²) >= 11 is 0. The zero-order valence-corrected chi connectivity index (χ0v) is 6.42. The minimum absolute atomic E-state index is 0.00236. The van der Waals surface area contributed by atoms with Crippen LogP contribution in [0.1, 0.15) is 13.8 Å². The molecule has 3 heteroatoms. The van der Waals surface area contributed by atoms with E-state index >= 15 is 0 Å². The highest BCUT2D eigenvalue weighted by molar-refractivity contribution is 5.88. The zero-order valence-electron chi connectivity index (χ0n) is 6.42. The van der Waals surface area contributed by atoms with Crippen molar-refractivity contribution < 1.29 is 14.6 Å². The predicted molar refractivity (Wildman–Crippen MR) is 37.6 cm³/mol. The number of rotatable bonds is 2. The highest BCUT2D eigenvalue weighted by Gasteiger charge is 2.12. The van der Waals surface area contributed by atoms with Crippen LogP contribution in [0.15, 0.2) is 11.8 Å². The largest absolute Gasteiger partial charge is 0.515 e. The number of aliphatic hydroxyl groups is 1. The quantitative estimate of drug-likeness (QED) is 0.360. The molecular formula is C7H12O3. The van der Waals surface area contributed by atoms with E-state index in [2.05, 4.69) is 4.74 Å². The summed E-state index contributed by atoms with van der Waals surface area (Å²) in [6.07, 6.45) is 0.788. The van der Waals surface area contributed by atoms with Crippen LogP contribution in [0.5, 0.6) is 0 Å². The van der Waals surface area contributed by atoms with Gasteiger partial charge in [0.05, 0.1) is 18.9 Å². The van der Waals surface area contributed by atoms with Crippen molar-refractivity contribution in [3.63, 3.8) is 0 Å². The number of aliphatic hydroxyl groups excluding tert-OH is 1. The van der Waals surface area contributed by atoms with Crippen LogP contribution in [-0.2, 0) is 9.53 Å². The van der Waals surface area contributed by atoms with E-state index in [0.29, 0.717) is 5.57 Å². The smallest absolute Gasteiger partial charge is 0.337 e. The molecule has 0 bridgehead atoms. The van der Waals surface area contributed by atoms with Gasteiger partial charge in [0.25, 0.3) is 0 Å². The van der Waals surface area contributed by atoms with Crippen molar-refractivity contribution >= 4 is 5.97 Å². The average Bonchev–Trinajstić information content (AvgIpc) is 1.88. The summed E-state index contributed by atoms with van der Waals surface area (Å²) in [4.78, 5) is 10.7. The topological polar surface area (TPSA) is 46.5 Å². The van der Waals surface area contributed by atoms with Crippen LogP contribution in [0.4, 0.5) is 0 Å². The van der Waals surface area contributed by atoms with Gasteiger partial charge in [0.1, 0.15) is 0 Å². The monoisotopic (exact) mass is 144 g/mol. The maximum Gasteiger partial charge on any atom is 0.337 e. The van der Waals surface area contributed by atoms with E-state index in [1.165, 1.54) is 7.11 Å². The zero-order chi connectivity index (χ0) is 8.15. The lowest BCUT2D eigenvalue weighted by molar-refractivity contribution is -0.136. The Labute approximate surface area is 60.3 Å². The van der Waals surface area contributed by atoms with Crippen molar-refractivity contribution in [1.29, 1.82) is 0 Å². The summed E-state index contributed by atoms with van der Waals surface area (Å²) in [7, 11) is 1.29. The molecule has 0 heterocycles. The van der Waals surface area contributed by atoms with Crippen molar-refractivity contribution in [3.8, 4) is 0 Å². The van der Waals surface area contributed by atoms with Gasteiger partial charge in [0, 0.05) is 0 Å². The van der Waals surface area contributed by atoms with Gasteiger partial charge in [-0.15, -0.1) is 0 Å². The predicted octanol–water partition coefficient (Wildman–Crippen LogP) is 1.26. The van der Waals surface area contributed by atoms with E-state index in [4.69, 9.17) is 5.11 Å². The first-order valence-electron chi connectivity index (χ1n) is 3.06. The number of esters is 1. The second-order valence-electron chi connectivity index (χ2n) is 2.23. The summed E-state index contributed by atoms with van der Waals surface area (Å²) in [6.45, 7) is 3.61. The van der Waals surface area contributed by atoms with Gasteiger partial charge in [-0.2, -0.15) is 0 Å². The molecule has 58 valence electrons. The van der Waals surface area contributed by atoms with Crippen molar-refractivity contribution in [2.45, 2.75) is 13.8 Å². The van der Waals surface area contributed by atoms with Gasteiger partial charge >= 0.3 is 5.97 Å². The third kappa shape index (κ3) is 2.09. The van der Waals surface area contributed by atoms with Crippen molar-refractivity contribution in [2.24, 2.45) is 5.92 Å². The number of hydrogen-bond acceptors (Lipinski definition) is 3. The highest BCUT2D eigenvalue weighted by atomic mass is 16.5. The van der Waals surface area contributed by atoms with Gasteiger partial charge < -0.3 is 9.84 Å². The Morgan fingerprint density at radius 1 is 1.60 bits per heavy atom. The lowest BCUT2D eigenvalue weighted by Crippen LogP contribution is -2.09. The minimum atomic E-state index is -0.475. The lowest BCUT2D eigenvalue weighted by Gasteiger charge is -2.05. The maximum atomic E-state index is 10.7. The molecule has 0 aromatic heterocycles. The van der Waals surface area contributed by atoms with Crippen molar-refractivity contribution in [1.82, 2.24) is 0 Å². The molecule has 0 aliphatic heterocycles. The molecule has 0 aromatic rings. The molecule has 0 saturated heterocycles. The molecular weight excluding hydrogens is 132 g/mol. The fourth-order valence-corrected chi connectivity index (χ4v) is 0.555. The Hall–Kier alpha value is -0.990. The highest BCUT2D eigenvalue weighted by Crippen LogP contribution is 2.09. The SMILES string of the molecule is COC(=O)C(=CO)C(C)C. The number of methoxy groups -OCH3 is 1. The minimum Gasteiger partial charge on any atom is -0.515 e. The Morgan fingerprint density at radius 3 is 2.20 bits per heavy atom. The molecule has 0 aliphatic carbocycles. The number of hydrogen-bond donors (Lipinski definition) is 1. The van der Waals surface area contributed by atoms with Crippen molar-refractivity contribution in [3.05, 3.63) is 11.8 Å². The van der Waals surface area contributed by atoms with Crippen LogP contribution in [0.3, 0.4) is 0 Å². The number of carbonyl (C=O) groups is 1. The Kier molecular flexibility index (Phi) is 3.54. The molecule has 3 nitrogen and oxygen atoms in total. The standard InChI is InChI=1S/C7H12O3/c1-5(2)6(4-8)7(9)10-3/h4-5,8H,1-3H3. The molecule has 10 heavy (non-hydrogen) atoms. The first-order valence-corrected chi connectivity index (χ1v) is 3.06. The van der Waals surface area contributed by atoms with Crippen LogP contribution < -0.4 is 0 Å². The first kappa shape index (κ1) is 9.01. The maximum absolute atomic E-state index is 10.7. The summed E-state index contributed by atoms with van der Waals surface area (Å²) in [5, 5.41) is 8.54. The third-order valence-corrected chi connectivity index (χ3v) is 1.18. The molecule has 0 aliphatic rings. The second-order valence-corrected chi connectivity index (χ2v) is 2.23.